The third-order valence-electron chi connectivity index (χ3n) is 3.72. The van der Waals surface area contributed by atoms with Crippen LogP contribution in [0.15, 0.2) is 53.4 Å². The van der Waals surface area contributed by atoms with Crippen molar-refractivity contribution in [1.29, 1.82) is 0 Å². The Labute approximate surface area is 137 Å². The fourth-order valence-corrected chi connectivity index (χ4v) is 2.35. The van der Waals surface area contributed by atoms with Gasteiger partial charge in [0.2, 0.25) is 0 Å². The molecule has 1 saturated heterocycles. The summed E-state index contributed by atoms with van der Waals surface area (Å²) in [5.74, 6) is 0.499. The van der Waals surface area contributed by atoms with Gasteiger partial charge >= 0.3 is 6.03 Å². The van der Waals surface area contributed by atoms with Crippen molar-refractivity contribution < 1.29 is 14.1 Å². The van der Waals surface area contributed by atoms with Gasteiger partial charge in [-0.05, 0) is 12.1 Å². The molecule has 1 aliphatic rings. The molecule has 1 aromatic carbocycles. The molecule has 0 unspecified atom stereocenters. The number of nitrogens with zero attached hydrogens (tertiary/aromatic N) is 3. The standard InChI is InChI=1S/C16H15N5O3/c22-16(18-15-5-7-21(19-15)13-9-23-10-13)17-12-3-1-11(2-4-12)14-6-8-24-20-14/h1-8,13H,9-10H2,(H2,17,18,19,22). The number of carbonyl (C=O) groups excluding carboxylic acids is 1. The van der Waals surface area contributed by atoms with E-state index < -0.39 is 0 Å². The number of aromatic nitrogens is 3. The van der Waals surface area contributed by atoms with Gasteiger partial charge in [-0.3, -0.25) is 10.00 Å². The van der Waals surface area contributed by atoms with Crippen LogP contribution in [0.25, 0.3) is 11.3 Å². The van der Waals surface area contributed by atoms with Crippen LogP contribution < -0.4 is 10.6 Å². The van der Waals surface area contributed by atoms with E-state index in [9.17, 15) is 4.79 Å². The van der Waals surface area contributed by atoms with Crippen LogP contribution >= 0.6 is 0 Å². The van der Waals surface area contributed by atoms with Crippen molar-refractivity contribution in [2.24, 2.45) is 0 Å². The Hall–Kier alpha value is -3.13. The Balaban J connectivity index is 1.36. The Morgan fingerprint density at radius 2 is 1.96 bits per heavy atom. The molecule has 8 heteroatoms. The summed E-state index contributed by atoms with van der Waals surface area (Å²) in [5.41, 5.74) is 2.33. The summed E-state index contributed by atoms with van der Waals surface area (Å²) >= 11 is 0. The van der Waals surface area contributed by atoms with Crippen LogP contribution in [0.1, 0.15) is 6.04 Å². The number of carbonyl (C=O) groups is 1. The molecule has 4 rings (SSSR count). The molecule has 0 aliphatic carbocycles. The van der Waals surface area contributed by atoms with Crippen molar-refractivity contribution in [2.45, 2.75) is 6.04 Å². The minimum Gasteiger partial charge on any atom is -0.377 e. The van der Waals surface area contributed by atoms with Gasteiger partial charge in [0.05, 0.1) is 19.3 Å². The van der Waals surface area contributed by atoms with Gasteiger partial charge in [-0.15, -0.1) is 0 Å². The second-order valence-corrected chi connectivity index (χ2v) is 5.41. The molecule has 24 heavy (non-hydrogen) atoms. The largest absolute Gasteiger partial charge is 0.377 e. The maximum Gasteiger partial charge on any atom is 0.324 e. The predicted molar refractivity (Wildman–Crippen MR) is 86.7 cm³/mol. The van der Waals surface area contributed by atoms with Crippen molar-refractivity contribution in [3.05, 3.63) is 48.9 Å². The first-order valence-corrected chi connectivity index (χ1v) is 7.50. The number of nitrogens with one attached hydrogen (secondary N) is 2. The summed E-state index contributed by atoms with van der Waals surface area (Å²) in [6, 6.07) is 10.8. The Bertz CT molecular complexity index is 822. The number of ether oxygens (including phenoxy) is 1. The maximum atomic E-state index is 12.0. The number of anilines is 2. The lowest BCUT2D eigenvalue weighted by Gasteiger charge is -2.25. The number of rotatable bonds is 4. The molecule has 0 radical (unpaired) electrons. The van der Waals surface area contributed by atoms with Crippen LogP contribution in [0.2, 0.25) is 0 Å². The molecular weight excluding hydrogens is 310 g/mol. The highest BCUT2D eigenvalue weighted by atomic mass is 16.5. The molecule has 2 aromatic heterocycles. The topological polar surface area (TPSA) is 94.2 Å². The molecule has 0 bridgehead atoms. The second kappa shape index (κ2) is 6.17. The minimum absolute atomic E-state index is 0.257. The fraction of sp³-hybridized carbons (Fsp3) is 0.188. The zero-order valence-electron chi connectivity index (χ0n) is 12.7. The van der Waals surface area contributed by atoms with E-state index in [1.165, 1.54) is 6.26 Å². The van der Waals surface area contributed by atoms with Crippen LogP contribution in [-0.2, 0) is 4.74 Å². The van der Waals surface area contributed by atoms with Crippen molar-refractivity contribution >= 4 is 17.5 Å². The van der Waals surface area contributed by atoms with Gasteiger partial charge in [-0.1, -0.05) is 17.3 Å². The van der Waals surface area contributed by atoms with Gasteiger partial charge in [0.1, 0.15) is 12.0 Å². The first-order chi connectivity index (χ1) is 11.8. The SMILES string of the molecule is O=C(Nc1ccc(-c2ccon2)cc1)Nc1ccn(C2COC2)n1. The molecule has 3 aromatic rings. The highest BCUT2D eigenvalue weighted by molar-refractivity contribution is 5.99. The van der Waals surface area contributed by atoms with E-state index >= 15 is 0 Å². The second-order valence-electron chi connectivity index (χ2n) is 5.41. The highest BCUT2D eigenvalue weighted by Gasteiger charge is 2.21. The number of urea groups is 1. The van der Waals surface area contributed by atoms with Crippen LogP contribution in [0, 0.1) is 0 Å². The molecule has 3 heterocycles. The molecule has 0 spiro atoms. The Morgan fingerprint density at radius 3 is 2.62 bits per heavy atom. The summed E-state index contributed by atoms with van der Waals surface area (Å²) in [6.07, 6.45) is 3.35. The zero-order valence-corrected chi connectivity index (χ0v) is 12.7. The van der Waals surface area contributed by atoms with E-state index in [2.05, 4.69) is 20.9 Å². The lowest BCUT2D eigenvalue weighted by atomic mass is 10.1. The minimum atomic E-state index is -0.348. The van der Waals surface area contributed by atoms with Crippen molar-refractivity contribution in [1.82, 2.24) is 14.9 Å². The number of benzene rings is 1. The smallest absolute Gasteiger partial charge is 0.324 e. The zero-order chi connectivity index (χ0) is 16.4. The normalized spacial score (nSPS) is 14.2. The van der Waals surface area contributed by atoms with E-state index in [-0.39, 0.29) is 12.1 Å². The average molecular weight is 325 g/mol. The van der Waals surface area contributed by atoms with Crippen molar-refractivity contribution in [2.75, 3.05) is 23.8 Å². The molecule has 0 atom stereocenters. The third-order valence-corrected chi connectivity index (χ3v) is 3.72. The lowest BCUT2D eigenvalue weighted by molar-refractivity contribution is -0.0285. The summed E-state index contributed by atoms with van der Waals surface area (Å²) in [7, 11) is 0. The first kappa shape index (κ1) is 14.5. The van der Waals surface area contributed by atoms with Crippen LogP contribution in [0.4, 0.5) is 16.3 Å². The molecule has 122 valence electrons. The lowest BCUT2D eigenvalue weighted by Crippen LogP contribution is -2.31. The van der Waals surface area contributed by atoms with Gasteiger partial charge in [0, 0.05) is 29.6 Å². The van der Waals surface area contributed by atoms with Crippen LogP contribution in [0.5, 0.6) is 0 Å². The van der Waals surface area contributed by atoms with Gasteiger partial charge in [-0.25, -0.2) is 4.79 Å². The number of hydrogen-bond acceptors (Lipinski definition) is 5. The van der Waals surface area contributed by atoms with Gasteiger partial charge in [0.25, 0.3) is 0 Å². The summed E-state index contributed by atoms with van der Waals surface area (Å²) in [4.78, 5) is 12.0. The van der Waals surface area contributed by atoms with Gasteiger partial charge < -0.3 is 14.6 Å². The van der Waals surface area contributed by atoms with Gasteiger partial charge in [0.15, 0.2) is 5.82 Å². The Morgan fingerprint density at radius 1 is 1.12 bits per heavy atom. The predicted octanol–water partition coefficient (Wildman–Crippen LogP) is 2.75. The molecule has 8 nitrogen and oxygen atoms in total. The molecule has 2 N–H and O–H groups in total. The van der Waals surface area contributed by atoms with E-state index in [0.29, 0.717) is 24.7 Å². The molecule has 1 fully saturated rings. The van der Waals surface area contributed by atoms with Crippen molar-refractivity contribution in [3.63, 3.8) is 0 Å². The summed E-state index contributed by atoms with van der Waals surface area (Å²) in [5, 5.41) is 13.6. The number of amides is 2. The van der Waals surface area contributed by atoms with E-state index in [1.54, 1.807) is 28.9 Å². The quantitative estimate of drug-likeness (QED) is 0.769. The molecule has 2 amide bonds. The van der Waals surface area contributed by atoms with E-state index in [1.807, 2.05) is 18.3 Å². The van der Waals surface area contributed by atoms with Crippen LogP contribution in [-0.4, -0.2) is 34.2 Å². The summed E-state index contributed by atoms with van der Waals surface area (Å²) in [6.45, 7) is 1.32. The summed E-state index contributed by atoms with van der Waals surface area (Å²) < 4.78 is 11.7. The molecule has 1 aliphatic heterocycles. The maximum absolute atomic E-state index is 12.0. The monoisotopic (exact) mass is 325 g/mol. The van der Waals surface area contributed by atoms with Crippen molar-refractivity contribution in [3.8, 4) is 11.3 Å². The molecular formula is C16H15N5O3. The average Bonchev–Trinajstić information content (AvgIpc) is 3.18. The third kappa shape index (κ3) is 2.99. The highest BCUT2D eigenvalue weighted by Crippen LogP contribution is 2.20. The molecule has 0 saturated carbocycles. The van der Waals surface area contributed by atoms with E-state index in [0.717, 1.165) is 11.3 Å². The fourth-order valence-electron chi connectivity index (χ4n) is 2.35. The first-order valence-electron chi connectivity index (χ1n) is 7.50. The number of hydrogen-bond donors (Lipinski definition) is 2. The van der Waals surface area contributed by atoms with E-state index in [4.69, 9.17) is 9.26 Å². The Kier molecular flexibility index (Phi) is 3.72. The van der Waals surface area contributed by atoms with Gasteiger partial charge in [-0.2, -0.15) is 5.10 Å². The van der Waals surface area contributed by atoms with Crippen LogP contribution in [0.3, 0.4) is 0 Å².